The lowest BCUT2D eigenvalue weighted by molar-refractivity contribution is -0.116. The van der Waals surface area contributed by atoms with Crippen LogP contribution in [0.3, 0.4) is 0 Å². The molecule has 2 aliphatic heterocycles. The number of ether oxygens (including phenoxy) is 2. The van der Waals surface area contributed by atoms with Crippen LogP contribution in [-0.2, 0) is 9.47 Å². The van der Waals surface area contributed by atoms with Crippen LogP contribution in [0.25, 0.3) is 0 Å². The maximum absolute atomic E-state index is 5.82. The highest BCUT2D eigenvalue weighted by atomic mass is 16.5. The lowest BCUT2D eigenvalue weighted by atomic mass is 9.57. The Morgan fingerprint density at radius 2 is 1.88 bits per heavy atom. The summed E-state index contributed by atoms with van der Waals surface area (Å²) in [5.41, 5.74) is 0.295. The molecule has 0 amide bonds. The van der Waals surface area contributed by atoms with Crippen LogP contribution in [0.1, 0.15) is 33.6 Å². The fraction of sp³-hybridized carbons (Fsp3) is 1.00. The highest BCUT2D eigenvalue weighted by Crippen LogP contribution is 2.52. The SMILES string of the molecule is CC1OCCC1NC1C2CCOC2C1(C)C. The standard InChI is InChI=1S/C13H23NO2/c1-8-10(5-7-15-8)14-11-9-4-6-16-12(9)13(11,2)3/h8-12,14H,4-7H2,1-3H3. The van der Waals surface area contributed by atoms with E-state index in [0.29, 0.717) is 29.7 Å². The molecule has 1 saturated carbocycles. The molecule has 5 atom stereocenters. The van der Waals surface area contributed by atoms with Gasteiger partial charge in [0.05, 0.1) is 12.2 Å². The molecule has 2 heterocycles. The number of rotatable bonds is 2. The van der Waals surface area contributed by atoms with Crippen molar-refractivity contribution in [3.05, 3.63) is 0 Å². The van der Waals surface area contributed by atoms with Crippen LogP contribution >= 0.6 is 0 Å². The fourth-order valence-corrected chi connectivity index (χ4v) is 3.84. The Bertz CT molecular complexity index is 279. The summed E-state index contributed by atoms with van der Waals surface area (Å²) in [6, 6.07) is 1.17. The zero-order valence-corrected chi connectivity index (χ0v) is 10.5. The molecule has 1 N–H and O–H groups in total. The van der Waals surface area contributed by atoms with Gasteiger partial charge in [0, 0.05) is 36.6 Å². The molecule has 0 aromatic heterocycles. The summed E-state index contributed by atoms with van der Waals surface area (Å²) in [6.45, 7) is 8.71. The number of hydrogen-bond donors (Lipinski definition) is 1. The van der Waals surface area contributed by atoms with Gasteiger partial charge in [-0.2, -0.15) is 0 Å². The van der Waals surface area contributed by atoms with E-state index >= 15 is 0 Å². The van der Waals surface area contributed by atoms with Gasteiger partial charge in [-0.3, -0.25) is 0 Å². The first-order valence-corrected chi connectivity index (χ1v) is 6.60. The Morgan fingerprint density at radius 1 is 1.12 bits per heavy atom. The zero-order chi connectivity index (χ0) is 11.3. The molecule has 1 aliphatic carbocycles. The van der Waals surface area contributed by atoms with E-state index in [1.165, 1.54) is 6.42 Å². The van der Waals surface area contributed by atoms with Gasteiger partial charge in [0.15, 0.2) is 0 Å². The number of nitrogens with one attached hydrogen (secondary N) is 1. The van der Waals surface area contributed by atoms with Gasteiger partial charge in [0.1, 0.15) is 0 Å². The van der Waals surface area contributed by atoms with Gasteiger partial charge in [-0.25, -0.2) is 0 Å². The molecule has 3 fully saturated rings. The van der Waals surface area contributed by atoms with Crippen molar-refractivity contribution < 1.29 is 9.47 Å². The molecule has 3 heteroatoms. The third-order valence-corrected chi connectivity index (χ3v) is 4.87. The Morgan fingerprint density at radius 3 is 2.56 bits per heavy atom. The summed E-state index contributed by atoms with van der Waals surface area (Å²) in [7, 11) is 0. The third kappa shape index (κ3) is 1.45. The predicted molar refractivity (Wildman–Crippen MR) is 62.4 cm³/mol. The molecule has 0 aromatic rings. The van der Waals surface area contributed by atoms with Gasteiger partial charge < -0.3 is 14.8 Å². The lowest BCUT2D eigenvalue weighted by Gasteiger charge is -2.55. The first-order chi connectivity index (χ1) is 7.60. The minimum atomic E-state index is 0.295. The van der Waals surface area contributed by atoms with Crippen molar-refractivity contribution in [2.45, 2.75) is 57.9 Å². The summed E-state index contributed by atoms with van der Waals surface area (Å²) >= 11 is 0. The van der Waals surface area contributed by atoms with Gasteiger partial charge in [-0.1, -0.05) is 13.8 Å². The van der Waals surface area contributed by atoms with Gasteiger partial charge in [-0.15, -0.1) is 0 Å². The molecular formula is C13H23NO2. The maximum Gasteiger partial charge on any atom is 0.0700 e. The molecular weight excluding hydrogens is 202 g/mol. The van der Waals surface area contributed by atoms with Gasteiger partial charge in [-0.05, 0) is 19.8 Å². The zero-order valence-electron chi connectivity index (χ0n) is 10.5. The highest BCUT2D eigenvalue weighted by molar-refractivity contribution is 5.12. The maximum atomic E-state index is 5.82. The van der Waals surface area contributed by atoms with Crippen molar-refractivity contribution in [1.82, 2.24) is 5.32 Å². The Labute approximate surface area is 97.9 Å². The molecule has 0 bridgehead atoms. The monoisotopic (exact) mass is 225 g/mol. The van der Waals surface area contributed by atoms with E-state index < -0.39 is 0 Å². The minimum Gasteiger partial charge on any atom is -0.377 e. The second kappa shape index (κ2) is 3.69. The molecule has 16 heavy (non-hydrogen) atoms. The molecule has 0 radical (unpaired) electrons. The second-order valence-electron chi connectivity index (χ2n) is 6.18. The van der Waals surface area contributed by atoms with E-state index in [0.717, 1.165) is 25.6 Å². The number of hydrogen-bond acceptors (Lipinski definition) is 3. The minimum absolute atomic E-state index is 0.295. The highest BCUT2D eigenvalue weighted by Gasteiger charge is 2.59. The van der Waals surface area contributed by atoms with Gasteiger partial charge in [0.2, 0.25) is 0 Å². The van der Waals surface area contributed by atoms with Gasteiger partial charge in [0.25, 0.3) is 0 Å². The van der Waals surface area contributed by atoms with Crippen molar-refractivity contribution >= 4 is 0 Å². The summed E-state index contributed by atoms with van der Waals surface area (Å²) in [5, 5.41) is 3.82. The molecule has 5 unspecified atom stereocenters. The van der Waals surface area contributed by atoms with Crippen molar-refractivity contribution in [3.63, 3.8) is 0 Å². The Kier molecular flexibility index (Phi) is 2.54. The van der Waals surface area contributed by atoms with Crippen LogP contribution in [0.5, 0.6) is 0 Å². The van der Waals surface area contributed by atoms with Crippen LogP contribution in [0, 0.1) is 11.3 Å². The summed E-state index contributed by atoms with van der Waals surface area (Å²) in [6.07, 6.45) is 3.25. The second-order valence-corrected chi connectivity index (χ2v) is 6.18. The summed E-state index contributed by atoms with van der Waals surface area (Å²) in [5.74, 6) is 0.739. The van der Waals surface area contributed by atoms with Crippen molar-refractivity contribution in [1.29, 1.82) is 0 Å². The fourth-order valence-electron chi connectivity index (χ4n) is 3.84. The predicted octanol–water partition coefficient (Wildman–Crippen LogP) is 1.57. The van der Waals surface area contributed by atoms with Crippen molar-refractivity contribution in [2.75, 3.05) is 13.2 Å². The summed E-state index contributed by atoms with van der Waals surface area (Å²) < 4.78 is 11.4. The van der Waals surface area contributed by atoms with Crippen LogP contribution in [-0.4, -0.2) is 37.5 Å². The lowest BCUT2D eigenvalue weighted by Crippen LogP contribution is -2.67. The largest absolute Gasteiger partial charge is 0.377 e. The summed E-state index contributed by atoms with van der Waals surface area (Å²) in [4.78, 5) is 0. The van der Waals surface area contributed by atoms with Crippen LogP contribution in [0.4, 0.5) is 0 Å². The van der Waals surface area contributed by atoms with Gasteiger partial charge >= 0.3 is 0 Å². The molecule has 0 spiro atoms. The topological polar surface area (TPSA) is 30.5 Å². The average Bonchev–Trinajstić information content (AvgIpc) is 2.82. The molecule has 0 aromatic carbocycles. The normalized spacial score (nSPS) is 50.1. The van der Waals surface area contributed by atoms with E-state index in [-0.39, 0.29) is 0 Å². The third-order valence-electron chi connectivity index (χ3n) is 4.87. The van der Waals surface area contributed by atoms with E-state index in [1.54, 1.807) is 0 Å². The first kappa shape index (κ1) is 11.0. The van der Waals surface area contributed by atoms with E-state index in [9.17, 15) is 0 Å². The molecule has 92 valence electrons. The molecule has 3 aliphatic rings. The smallest absolute Gasteiger partial charge is 0.0700 e. The quantitative estimate of drug-likeness (QED) is 0.774. The molecule has 2 saturated heterocycles. The molecule has 3 nitrogen and oxygen atoms in total. The van der Waals surface area contributed by atoms with E-state index in [1.807, 2.05) is 0 Å². The van der Waals surface area contributed by atoms with Crippen LogP contribution in [0.15, 0.2) is 0 Å². The Hall–Kier alpha value is -0.120. The van der Waals surface area contributed by atoms with Crippen LogP contribution < -0.4 is 5.32 Å². The van der Waals surface area contributed by atoms with E-state index in [2.05, 4.69) is 26.1 Å². The van der Waals surface area contributed by atoms with E-state index in [4.69, 9.17) is 9.47 Å². The van der Waals surface area contributed by atoms with Crippen molar-refractivity contribution in [3.8, 4) is 0 Å². The number of fused-ring (bicyclic) bond motifs is 1. The van der Waals surface area contributed by atoms with Crippen molar-refractivity contribution in [2.24, 2.45) is 11.3 Å². The van der Waals surface area contributed by atoms with Crippen LogP contribution in [0.2, 0.25) is 0 Å². The first-order valence-electron chi connectivity index (χ1n) is 6.60. The molecule has 3 rings (SSSR count). The average molecular weight is 225 g/mol. The Balaban J connectivity index is 1.66.